The van der Waals surface area contributed by atoms with Gasteiger partial charge in [0.05, 0.1) is 32.0 Å². The SMILES string of the molecule is O=C(O)c1ccc(C(=O)NN2CCOCC2)c(C2OCCO2)c1. The highest BCUT2D eigenvalue weighted by Gasteiger charge is 2.26. The van der Waals surface area contributed by atoms with Gasteiger partial charge in [0.25, 0.3) is 5.91 Å². The topological polar surface area (TPSA) is 97.3 Å². The Morgan fingerprint density at radius 1 is 1.13 bits per heavy atom. The largest absolute Gasteiger partial charge is 0.478 e. The molecule has 1 amide bonds. The monoisotopic (exact) mass is 322 g/mol. The molecule has 1 aromatic rings. The lowest BCUT2D eigenvalue weighted by Gasteiger charge is -2.27. The molecule has 2 aliphatic rings. The molecule has 8 nitrogen and oxygen atoms in total. The number of hydrogen-bond acceptors (Lipinski definition) is 6. The summed E-state index contributed by atoms with van der Waals surface area (Å²) in [4.78, 5) is 23.7. The standard InChI is InChI=1S/C15H18N2O6/c18-13(16-17-3-5-21-6-4-17)11-2-1-10(14(19)20)9-12(11)15-22-7-8-23-15/h1-2,9,15H,3-8H2,(H,16,18)(H,19,20). The molecule has 2 aliphatic heterocycles. The number of ether oxygens (including phenoxy) is 3. The molecule has 0 radical (unpaired) electrons. The lowest BCUT2D eigenvalue weighted by molar-refractivity contribution is -0.0447. The number of carboxylic acids is 1. The predicted molar refractivity (Wildman–Crippen MR) is 77.9 cm³/mol. The van der Waals surface area contributed by atoms with Gasteiger partial charge in [0.1, 0.15) is 0 Å². The number of benzene rings is 1. The lowest BCUT2D eigenvalue weighted by atomic mass is 10.0. The number of hydrazine groups is 1. The second kappa shape index (κ2) is 7.05. The zero-order valence-electron chi connectivity index (χ0n) is 12.5. The van der Waals surface area contributed by atoms with Crippen molar-refractivity contribution in [2.75, 3.05) is 39.5 Å². The van der Waals surface area contributed by atoms with Crippen LogP contribution in [0.1, 0.15) is 32.6 Å². The highest BCUT2D eigenvalue weighted by Crippen LogP contribution is 2.27. The van der Waals surface area contributed by atoms with Gasteiger partial charge in [-0.25, -0.2) is 9.80 Å². The van der Waals surface area contributed by atoms with Gasteiger partial charge in [-0.1, -0.05) is 0 Å². The Morgan fingerprint density at radius 3 is 2.48 bits per heavy atom. The number of amides is 1. The fourth-order valence-electron chi connectivity index (χ4n) is 2.51. The van der Waals surface area contributed by atoms with Gasteiger partial charge in [-0.15, -0.1) is 0 Å². The molecule has 3 rings (SSSR count). The highest BCUT2D eigenvalue weighted by molar-refractivity contribution is 5.97. The molecule has 2 N–H and O–H groups in total. The third kappa shape index (κ3) is 3.67. The van der Waals surface area contributed by atoms with Crippen LogP contribution >= 0.6 is 0 Å². The van der Waals surface area contributed by atoms with E-state index >= 15 is 0 Å². The van der Waals surface area contributed by atoms with Crippen LogP contribution in [0.5, 0.6) is 0 Å². The van der Waals surface area contributed by atoms with E-state index in [0.717, 1.165) is 0 Å². The minimum absolute atomic E-state index is 0.0852. The summed E-state index contributed by atoms with van der Waals surface area (Å²) in [5.74, 6) is -1.39. The molecule has 0 bridgehead atoms. The van der Waals surface area contributed by atoms with Crippen LogP contribution in [-0.4, -0.2) is 61.5 Å². The summed E-state index contributed by atoms with van der Waals surface area (Å²) in [6.45, 7) is 3.13. The predicted octanol–water partition coefficient (Wildman–Crippen LogP) is 0.407. The van der Waals surface area contributed by atoms with Gasteiger partial charge in [-0.2, -0.15) is 0 Å². The normalized spacial score (nSPS) is 19.7. The molecule has 0 saturated carbocycles. The number of nitrogens with one attached hydrogen (secondary N) is 1. The summed E-state index contributed by atoms with van der Waals surface area (Å²) in [5.41, 5.74) is 3.65. The first-order valence-electron chi connectivity index (χ1n) is 7.39. The summed E-state index contributed by atoms with van der Waals surface area (Å²) >= 11 is 0. The number of carboxylic acid groups (broad SMARTS) is 1. The second-order valence-corrected chi connectivity index (χ2v) is 5.22. The van der Waals surface area contributed by atoms with Gasteiger partial charge in [-0.3, -0.25) is 10.2 Å². The number of morpholine rings is 1. The zero-order chi connectivity index (χ0) is 16.2. The van der Waals surface area contributed by atoms with Crippen molar-refractivity contribution in [3.63, 3.8) is 0 Å². The Kier molecular flexibility index (Phi) is 4.87. The van der Waals surface area contributed by atoms with E-state index < -0.39 is 12.3 Å². The summed E-state index contributed by atoms with van der Waals surface area (Å²) in [6, 6.07) is 4.31. The van der Waals surface area contributed by atoms with Gasteiger partial charge < -0.3 is 19.3 Å². The molecular weight excluding hydrogens is 304 g/mol. The molecule has 0 atom stereocenters. The summed E-state index contributed by atoms with van der Waals surface area (Å²) < 4.78 is 16.1. The number of carbonyl (C=O) groups is 2. The van der Waals surface area contributed by atoms with Gasteiger partial charge >= 0.3 is 5.97 Å². The molecule has 2 fully saturated rings. The lowest BCUT2D eigenvalue weighted by Crippen LogP contribution is -2.48. The van der Waals surface area contributed by atoms with E-state index in [2.05, 4.69) is 5.43 Å². The minimum Gasteiger partial charge on any atom is -0.478 e. The quantitative estimate of drug-likeness (QED) is 0.828. The molecule has 0 aromatic heterocycles. The number of rotatable bonds is 4. The van der Waals surface area contributed by atoms with Crippen molar-refractivity contribution < 1.29 is 28.9 Å². The van der Waals surface area contributed by atoms with Crippen LogP contribution in [0.15, 0.2) is 18.2 Å². The maximum absolute atomic E-state index is 12.5. The van der Waals surface area contributed by atoms with Crippen molar-refractivity contribution in [1.82, 2.24) is 10.4 Å². The van der Waals surface area contributed by atoms with E-state index in [4.69, 9.17) is 19.3 Å². The molecule has 124 valence electrons. The van der Waals surface area contributed by atoms with Gasteiger partial charge in [0, 0.05) is 24.2 Å². The average Bonchev–Trinajstić information content (AvgIpc) is 3.09. The third-order valence-corrected chi connectivity index (χ3v) is 3.69. The van der Waals surface area contributed by atoms with Crippen LogP contribution in [0.2, 0.25) is 0 Å². The van der Waals surface area contributed by atoms with Crippen LogP contribution in [0.25, 0.3) is 0 Å². The molecule has 8 heteroatoms. The van der Waals surface area contributed by atoms with E-state index in [0.29, 0.717) is 50.6 Å². The van der Waals surface area contributed by atoms with E-state index in [-0.39, 0.29) is 11.5 Å². The fraction of sp³-hybridized carbons (Fsp3) is 0.467. The molecule has 0 aliphatic carbocycles. The van der Waals surface area contributed by atoms with Crippen molar-refractivity contribution in [3.8, 4) is 0 Å². The van der Waals surface area contributed by atoms with E-state index in [9.17, 15) is 9.59 Å². The highest BCUT2D eigenvalue weighted by atomic mass is 16.7. The fourth-order valence-corrected chi connectivity index (χ4v) is 2.51. The van der Waals surface area contributed by atoms with Crippen LogP contribution in [0, 0.1) is 0 Å². The summed E-state index contributed by atoms with van der Waals surface area (Å²) in [7, 11) is 0. The van der Waals surface area contributed by atoms with Crippen LogP contribution in [0.4, 0.5) is 0 Å². The molecule has 0 spiro atoms. The number of nitrogens with zero attached hydrogens (tertiary/aromatic N) is 1. The maximum Gasteiger partial charge on any atom is 0.335 e. The number of aromatic carboxylic acids is 1. The maximum atomic E-state index is 12.5. The first-order valence-corrected chi connectivity index (χ1v) is 7.39. The van der Waals surface area contributed by atoms with E-state index in [1.165, 1.54) is 18.2 Å². The van der Waals surface area contributed by atoms with Crippen molar-refractivity contribution >= 4 is 11.9 Å². The molecule has 2 heterocycles. The summed E-state index contributed by atoms with van der Waals surface area (Å²) in [5, 5.41) is 10.9. The van der Waals surface area contributed by atoms with Crippen molar-refractivity contribution in [2.45, 2.75) is 6.29 Å². The third-order valence-electron chi connectivity index (χ3n) is 3.69. The Hall–Kier alpha value is -2.00. The second-order valence-electron chi connectivity index (χ2n) is 5.22. The molecule has 2 saturated heterocycles. The zero-order valence-corrected chi connectivity index (χ0v) is 12.5. The van der Waals surface area contributed by atoms with Crippen LogP contribution in [0.3, 0.4) is 0 Å². The first-order chi connectivity index (χ1) is 11.1. The van der Waals surface area contributed by atoms with Crippen molar-refractivity contribution in [3.05, 3.63) is 34.9 Å². The van der Waals surface area contributed by atoms with E-state index in [1.807, 2.05) is 0 Å². The van der Waals surface area contributed by atoms with Crippen molar-refractivity contribution in [2.24, 2.45) is 0 Å². The Morgan fingerprint density at radius 2 is 1.83 bits per heavy atom. The number of hydrogen-bond donors (Lipinski definition) is 2. The Bertz CT molecular complexity index is 594. The Labute approximate surface area is 132 Å². The average molecular weight is 322 g/mol. The van der Waals surface area contributed by atoms with Crippen LogP contribution < -0.4 is 5.43 Å². The first kappa shape index (κ1) is 15.9. The van der Waals surface area contributed by atoms with Crippen molar-refractivity contribution in [1.29, 1.82) is 0 Å². The smallest absolute Gasteiger partial charge is 0.335 e. The molecular formula is C15H18N2O6. The summed E-state index contributed by atoms with van der Waals surface area (Å²) in [6.07, 6.45) is -0.722. The van der Waals surface area contributed by atoms with Gasteiger partial charge in [-0.05, 0) is 18.2 Å². The van der Waals surface area contributed by atoms with Gasteiger partial charge in [0.2, 0.25) is 0 Å². The molecule has 23 heavy (non-hydrogen) atoms. The number of carbonyl (C=O) groups excluding carboxylic acids is 1. The van der Waals surface area contributed by atoms with Gasteiger partial charge in [0.15, 0.2) is 6.29 Å². The minimum atomic E-state index is -1.07. The molecule has 0 unspecified atom stereocenters. The molecule has 1 aromatic carbocycles. The van der Waals surface area contributed by atoms with Crippen LogP contribution in [-0.2, 0) is 14.2 Å². The van der Waals surface area contributed by atoms with E-state index in [1.54, 1.807) is 5.01 Å². The Balaban J connectivity index is 1.84.